The Balaban J connectivity index is 2.54. The molecule has 0 saturated carbocycles. The van der Waals surface area contributed by atoms with E-state index in [1.807, 2.05) is 20.2 Å². The summed E-state index contributed by atoms with van der Waals surface area (Å²) in [5, 5.41) is 8.77. The smallest absolute Gasteiger partial charge is 0.179 e. The van der Waals surface area contributed by atoms with E-state index in [0.29, 0.717) is 11.3 Å². The highest BCUT2D eigenvalue weighted by Gasteiger charge is 2.14. The van der Waals surface area contributed by atoms with Crippen LogP contribution in [-0.2, 0) is 9.84 Å². The second-order valence-corrected chi connectivity index (χ2v) is 7.71. The fourth-order valence-electron chi connectivity index (χ4n) is 1.39. The summed E-state index contributed by atoms with van der Waals surface area (Å²) in [6.07, 6.45) is 0. The van der Waals surface area contributed by atoms with Gasteiger partial charge in [-0.05, 0) is 32.3 Å². The second kappa shape index (κ2) is 7.53. The average Bonchev–Trinajstić information content (AvgIpc) is 2.38. The summed E-state index contributed by atoms with van der Waals surface area (Å²) < 4.78 is 24.1. The van der Waals surface area contributed by atoms with Crippen LogP contribution in [0.25, 0.3) is 0 Å². The quantitative estimate of drug-likeness (QED) is 0.716. The molecule has 1 aromatic rings. The van der Waals surface area contributed by atoms with E-state index < -0.39 is 9.84 Å². The Kier molecular flexibility index (Phi) is 6.35. The monoisotopic (exact) mass is 298 g/mol. The summed E-state index contributed by atoms with van der Waals surface area (Å²) >= 11 is 1.63. The van der Waals surface area contributed by atoms with Crippen molar-refractivity contribution in [3.63, 3.8) is 0 Å². The Bertz CT molecular complexity index is 548. The van der Waals surface area contributed by atoms with E-state index in [4.69, 9.17) is 5.26 Å². The standard InChI is InChI=1S/C13H18N2O2S2/c1-15(2)6-7-18-8-9-19(16,17)13-5-3-4-12(10-13)11-14/h3-5,10H,6-9H2,1-2H3. The summed E-state index contributed by atoms with van der Waals surface area (Å²) in [4.78, 5) is 2.30. The second-order valence-electron chi connectivity index (χ2n) is 4.37. The van der Waals surface area contributed by atoms with E-state index in [0.717, 1.165) is 12.3 Å². The van der Waals surface area contributed by atoms with Gasteiger partial charge in [-0.25, -0.2) is 8.42 Å². The summed E-state index contributed by atoms with van der Waals surface area (Å²) in [6, 6.07) is 8.13. The molecule has 0 radical (unpaired) electrons. The van der Waals surface area contributed by atoms with Gasteiger partial charge in [0.25, 0.3) is 0 Å². The number of sulfone groups is 1. The summed E-state index contributed by atoms with van der Waals surface area (Å²) in [6.45, 7) is 0.939. The molecule has 0 spiro atoms. The fraction of sp³-hybridized carbons (Fsp3) is 0.462. The highest BCUT2D eigenvalue weighted by atomic mass is 32.2. The molecular weight excluding hydrogens is 280 g/mol. The molecule has 104 valence electrons. The Hall–Kier alpha value is -1.03. The predicted octanol–water partition coefficient (Wildman–Crippen LogP) is 1.63. The van der Waals surface area contributed by atoms with Crippen LogP contribution in [0.15, 0.2) is 29.2 Å². The normalized spacial score (nSPS) is 11.5. The first kappa shape index (κ1) is 16.0. The minimum absolute atomic E-state index is 0.111. The number of thioether (sulfide) groups is 1. The topological polar surface area (TPSA) is 61.2 Å². The van der Waals surface area contributed by atoms with Gasteiger partial charge >= 0.3 is 0 Å². The lowest BCUT2D eigenvalue weighted by atomic mass is 10.2. The fourth-order valence-corrected chi connectivity index (χ4v) is 4.27. The van der Waals surface area contributed by atoms with Gasteiger partial charge in [-0.1, -0.05) is 6.07 Å². The van der Waals surface area contributed by atoms with E-state index in [-0.39, 0.29) is 10.6 Å². The maximum absolute atomic E-state index is 12.1. The number of hydrogen-bond donors (Lipinski definition) is 0. The highest BCUT2D eigenvalue weighted by molar-refractivity contribution is 8.00. The lowest BCUT2D eigenvalue weighted by molar-refractivity contribution is 0.437. The van der Waals surface area contributed by atoms with Crippen molar-refractivity contribution in [1.82, 2.24) is 4.90 Å². The van der Waals surface area contributed by atoms with Gasteiger partial charge in [0.2, 0.25) is 0 Å². The SMILES string of the molecule is CN(C)CCSCCS(=O)(=O)c1cccc(C#N)c1. The Labute approximate surface area is 119 Å². The first-order valence-electron chi connectivity index (χ1n) is 5.91. The Morgan fingerprint density at radius 1 is 1.32 bits per heavy atom. The zero-order valence-electron chi connectivity index (χ0n) is 11.2. The molecule has 0 unspecified atom stereocenters. The number of rotatable bonds is 7. The maximum atomic E-state index is 12.1. The molecule has 0 N–H and O–H groups in total. The molecule has 0 aliphatic heterocycles. The van der Waals surface area contributed by atoms with Crippen molar-refractivity contribution < 1.29 is 8.42 Å². The maximum Gasteiger partial charge on any atom is 0.179 e. The van der Waals surface area contributed by atoms with Crippen molar-refractivity contribution in [2.75, 3.05) is 37.9 Å². The van der Waals surface area contributed by atoms with Crippen molar-refractivity contribution in [2.45, 2.75) is 4.90 Å². The highest BCUT2D eigenvalue weighted by Crippen LogP contribution is 2.14. The zero-order valence-corrected chi connectivity index (χ0v) is 12.8. The van der Waals surface area contributed by atoms with E-state index in [2.05, 4.69) is 4.90 Å². The van der Waals surface area contributed by atoms with Crippen LogP contribution in [-0.4, -0.2) is 51.2 Å². The van der Waals surface area contributed by atoms with E-state index in [1.165, 1.54) is 6.07 Å². The van der Waals surface area contributed by atoms with Crippen LogP contribution in [0, 0.1) is 11.3 Å². The number of nitriles is 1. The Morgan fingerprint density at radius 3 is 2.68 bits per heavy atom. The van der Waals surface area contributed by atoms with Crippen LogP contribution < -0.4 is 0 Å². The van der Waals surface area contributed by atoms with E-state index in [1.54, 1.807) is 30.0 Å². The number of benzene rings is 1. The van der Waals surface area contributed by atoms with Crippen LogP contribution in [0.5, 0.6) is 0 Å². The molecule has 0 heterocycles. The molecule has 4 nitrogen and oxygen atoms in total. The number of hydrogen-bond acceptors (Lipinski definition) is 5. The zero-order chi connectivity index (χ0) is 14.3. The predicted molar refractivity (Wildman–Crippen MR) is 79.1 cm³/mol. The first-order valence-corrected chi connectivity index (χ1v) is 8.72. The van der Waals surface area contributed by atoms with Gasteiger partial charge in [0.05, 0.1) is 22.3 Å². The van der Waals surface area contributed by atoms with Crippen molar-refractivity contribution in [3.8, 4) is 6.07 Å². The van der Waals surface area contributed by atoms with Gasteiger partial charge in [0.1, 0.15) is 0 Å². The van der Waals surface area contributed by atoms with Gasteiger partial charge in [0.15, 0.2) is 9.84 Å². The molecule has 0 atom stereocenters. The molecule has 1 aromatic carbocycles. The minimum Gasteiger partial charge on any atom is -0.309 e. The third-order valence-corrected chi connectivity index (χ3v) is 5.44. The van der Waals surface area contributed by atoms with Crippen LogP contribution in [0.1, 0.15) is 5.56 Å². The molecule has 0 aromatic heterocycles. The van der Waals surface area contributed by atoms with Gasteiger partial charge in [0, 0.05) is 18.1 Å². The van der Waals surface area contributed by atoms with Gasteiger partial charge in [-0.15, -0.1) is 0 Å². The van der Waals surface area contributed by atoms with Crippen LogP contribution in [0.3, 0.4) is 0 Å². The van der Waals surface area contributed by atoms with Crippen LogP contribution in [0.4, 0.5) is 0 Å². The molecule has 19 heavy (non-hydrogen) atoms. The number of nitrogens with zero attached hydrogens (tertiary/aromatic N) is 2. The van der Waals surface area contributed by atoms with E-state index in [9.17, 15) is 8.42 Å². The molecule has 0 aliphatic rings. The van der Waals surface area contributed by atoms with Gasteiger partial charge < -0.3 is 4.90 Å². The van der Waals surface area contributed by atoms with Crippen LogP contribution >= 0.6 is 11.8 Å². The summed E-state index contributed by atoms with van der Waals surface area (Å²) in [7, 11) is 0.702. The molecule has 6 heteroatoms. The average molecular weight is 298 g/mol. The lowest BCUT2D eigenvalue weighted by Gasteiger charge is -2.09. The summed E-state index contributed by atoms with van der Waals surface area (Å²) in [5.41, 5.74) is 0.376. The third kappa shape index (κ3) is 5.64. The van der Waals surface area contributed by atoms with Crippen LogP contribution in [0.2, 0.25) is 0 Å². The van der Waals surface area contributed by atoms with Gasteiger partial charge in [-0.3, -0.25) is 0 Å². The van der Waals surface area contributed by atoms with E-state index >= 15 is 0 Å². The summed E-state index contributed by atoms with van der Waals surface area (Å²) in [5.74, 6) is 1.60. The third-order valence-electron chi connectivity index (χ3n) is 2.50. The lowest BCUT2D eigenvalue weighted by Crippen LogP contribution is -2.16. The Morgan fingerprint density at radius 2 is 2.05 bits per heavy atom. The molecule has 0 saturated heterocycles. The molecular formula is C13H18N2O2S2. The van der Waals surface area contributed by atoms with Crippen molar-refractivity contribution >= 4 is 21.6 Å². The molecule has 1 rings (SSSR count). The molecule has 0 fully saturated rings. The first-order chi connectivity index (χ1) is 8.95. The van der Waals surface area contributed by atoms with Gasteiger partial charge in [-0.2, -0.15) is 17.0 Å². The van der Waals surface area contributed by atoms with Crippen molar-refractivity contribution in [2.24, 2.45) is 0 Å². The van der Waals surface area contributed by atoms with Crippen molar-refractivity contribution in [3.05, 3.63) is 29.8 Å². The molecule has 0 aliphatic carbocycles. The largest absolute Gasteiger partial charge is 0.309 e. The molecule has 0 bridgehead atoms. The van der Waals surface area contributed by atoms with Crippen molar-refractivity contribution in [1.29, 1.82) is 5.26 Å². The minimum atomic E-state index is -3.28. The molecule has 0 amide bonds.